The second-order valence-corrected chi connectivity index (χ2v) is 5.84. The first-order chi connectivity index (χ1) is 11.0. The van der Waals surface area contributed by atoms with Gasteiger partial charge in [0.05, 0.1) is 16.8 Å². The maximum atomic E-state index is 6.24. The fourth-order valence-electron chi connectivity index (χ4n) is 2.22. The molecular weight excluding hydrogens is 318 g/mol. The van der Waals surface area contributed by atoms with Crippen LogP contribution in [0.3, 0.4) is 0 Å². The molecule has 0 saturated heterocycles. The van der Waals surface area contributed by atoms with Crippen molar-refractivity contribution in [1.29, 1.82) is 0 Å². The Kier molecular flexibility index (Phi) is 4.09. The molecule has 3 aromatic rings. The highest BCUT2D eigenvalue weighted by Crippen LogP contribution is 2.32. The number of hydrogen-bond donors (Lipinski definition) is 0. The Balaban J connectivity index is 1.93. The fraction of sp³-hybridized carbons (Fsp3) is 0.312. The lowest BCUT2D eigenvalue weighted by atomic mass is 10.2. The van der Waals surface area contributed by atoms with Crippen molar-refractivity contribution in [2.45, 2.75) is 33.8 Å². The first kappa shape index (κ1) is 15.6. The van der Waals surface area contributed by atoms with E-state index in [1.165, 1.54) is 0 Å². The third-order valence-corrected chi connectivity index (χ3v) is 3.52. The molecule has 0 fully saturated rings. The Morgan fingerprint density at radius 2 is 1.91 bits per heavy atom. The summed E-state index contributed by atoms with van der Waals surface area (Å²) in [6.07, 6.45) is 0.0506. The van der Waals surface area contributed by atoms with Crippen LogP contribution < -0.4 is 4.74 Å². The molecule has 0 saturated carbocycles. The fourth-order valence-corrected chi connectivity index (χ4v) is 2.45. The second kappa shape index (κ2) is 6.04. The van der Waals surface area contributed by atoms with E-state index in [0.29, 0.717) is 33.9 Å². The monoisotopic (exact) mass is 333 g/mol. The van der Waals surface area contributed by atoms with Gasteiger partial charge in [-0.3, -0.25) is 0 Å². The average molecular weight is 334 g/mol. The van der Waals surface area contributed by atoms with Crippen molar-refractivity contribution in [2.24, 2.45) is 0 Å². The molecule has 0 bridgehead atoms. The van der Waals surface area contributed by atoms with Gasteiger partial charge in [-0.25, -0.2) is 0 Å². The lowest BCUT2D eigenvalue weighted by Gasteiger charge is -2.11. The van der Waals surface area contributed by atoms with Crippen LogP contribution in [-0.2, 0) is 0 Å². The van der Waals surface area contributed by atoms with Crippen molar-refractivity contribution >= 4 is 11.6 Å². The van der Waals surface area contributed by atoms with Crippen molar-refractivity contribution < 1.29 is 13.8 Å². The second-order valence-electron chi connectivity index (χ2n) is 5.43. The molecule has 0 unspecified atom stereocenters. The Hall–Kier alpha value is -2.34. The Morgan fingerprint density at radius 1 is 1.13 bits per heavy atom. The molecule has 0 aliphatic heterocycles. The number of nitrogens with zero attached hydrogens (tertiary/aromatic N) is 3. The molecule has 23 heavy (non-hydrogen) atoms. The maximum absolute atomic E-state index is 6.24. The molecule has 0 aliphatic rings. The van der Waals surface area contributed by atoms with Crippen molar-refractivity contribution in [3.05, 3.63) is 34.7 Å². The van der Waals surface area contributed by atoms with E-state index >= 15 is 0 Å². The zero-order valence-electron chi connectivity index (χ0n) is 13.3. The van der Waals surface area contributed by atoms with E-state index in [2.05, 4.69) is 15.3 Å². The molecule has 2 aromatic heterocycles. The minimum atomic E-state index is 0.0506. The Bertz CT molecular complexity index is 819. The van der Waals surface area contributed by atoms with Crippen LogP contribution in [0.15, 0.2) is 27.2 Å². The quantitative estimate of drug-likeness (QED) is 0.702. The minimum Gasteiger partial charge on any atom is -0.489 e. The Morgan fingerprint density at radius 3 is 2.52 bits per heavy atom. The first-order valence-corrected chi connectivity index (χ1v) is 7.57. The molecule has 3 rings (SSSR count). The number of hydrogen-bond acceptors (Lipinski definition) is 6. The van der Waals surface area contributed by atoms with Gasteiger partial charge in [-0.2, -0.15) is 4.98 Å². The standard InChI is InChI=1S/C16H16ClN3O3/c1-8(2)21-13-6-5-11(7-12(13)17)15-18-16(23-20-15)14-9(3)19-22-10(14)4/h5-8H,1-4H3. The highest BCUT2D eigenvalue weighted by molar-refractivity contribution is 6.32. The van der Waals surface area contributed by atoms with Gasteiger partial charge in [0.15, 0.2) is 0 Å². The number of aromatic nitrogens is 3. The number of rotatable bonds is 4. The van der Waals surface area contributed by atoms with E-state index < -0.39 is 0 Å². The van der Waals surface area contributed by atoms with Crippen molar-refractivity contribution in [3.8, 4) is 28.6 Å². The minimum absolute atomic E-state index is 0.0506. The number of aryl methyl sites for hydroxylation is 2. The molecule has 1 aromatic carbocycles. The average Bonchev–Trinajstić information content (AvgIpc) is 3.08. The van der Waals surface area contributed by atoms with Crippen LogP contribution in [0.1, 0.15) is 25.3 Å². The number of halogens is 1. The third-order valence-electron chi connectivity index (χ3n) is 3.23. The highest BCUT2D eigenvalue weighted by atomic mass is 35.5. The van der Waals surface area contributed by atoms with E-state index in [1.807, 2.05) is 26.8 Å². The summed E-state index contributed by atoms with van der Waals surface area (Å²) in [5, 5.41) is 8.39. The van der Waals surface area contributed by atoms with Crippen LogP contribution in [0.4, 0.5) is 0 Å². The summed E-state index contributed by atoms with van der Waals surface area (Å²) in [5.41, 5.74) is 2.17. The predicted molar refractivity (Wildman–Crippen MR) is 85.5 cm³/mol. The van der Waals surface area contributed by atoms with Crippen LogP contribution in [0.25, 0.3) is 22.8 Å². The molecule has 0 spiro atoms. The molecule has 6 nitrogen and oxygen atoms in total. The summed E-state index contributed by atoms with van der Waals surface area (Å²) < 4.78 is 16.1. The zero-order valence-corrected chi connectivity index (χ0v) is 14.0. The molecule has 0 radical (unpaired) electrons. The third kappa shape index (κ3) is 3.07. The SMILES string of the molecule is Cc1noc(C)c1-c1nc(-c2ccc(OC(C)C)c(Cl)c2)no1. The van der Waals surface area contributed by atoms with Crippen LogP contribution in [0, 0.1) is 13.8 Å². The van der Waals surface area contributed by atoms with Gasteiger partial charge < -0.3 is 13.8 Å². The summed E-state index contributed by atoms with van der Waals surface area (Å²) in [4.78, 5) is 4.40. The van der Waals surface area contributed by atoms with Crippen LogP contribution in [0.5, 0.6) is 5.75 Å². The number of ether oxygens (including phenoxy) is 1. The van der Waals surface area contributed by atoms with Gasteiger partial charge >= 0.3 is 0 Å². The van der Waals surface area contributed by atoms with E-state index in [9.17, 15) is 0 Å². The van der Waals surface area contributed by atoms with Crippen LogP contribution >= 0.6 is 11.6 Å². The molecule has 0 aliphatic carbocycles. The molecular formula is C16H16ClN3O3. The summed E-state index contributed by atoms with van der Waals surface area (Å²) in [6.45, 7) is 7.51. The predicted octanol–water partition coefficient (Wildman–Crippen LogP) is 4.45. The topological polar surface area (TPSA) is 74.2 Å². The molecule has 0 amide bonds. The van der Waals surface area contributed by atoms with Gasteiger partial charge in [0, 0.05) is 5.56 Å². The van der Waals surface area contributed by atoms with E-state index in [4.69, 9.17) is 25.4 Å². The maximum Gasteiger partial charge on any atom is 0.263 e. The lowest BCUT2D eigenvalue weighted by molar-refractivity contribution is 0.242. The van der Waals surface area contributed by atoms with Gasteiger partial charge in [-0.05, 0) is 45.9 Å². The van der Waals surface area contributed by atoms with E-state index in [1.54, 1.807) is 19.1 Å². The van der Waals surface area contributed by atoms with Crippen molar-refractivity contribution in [1.82, 2.24) is 15.3 Å². The van der Waals surface area contributed by atoms with Crippen molar-refractivity contribution in [2.75, 3.05) is 0 Å². The summed E-state index contributed by atoms with van der Waals surface area (Å²) in [7, 11) is 0. The zero-order chi connectivity index (χ0) is 16.6. The Labute approximate surface area is 138 Å². The summed E-state index contributed by atoms with van der Waals surface area (Å²) in [6, 6.07) is 5.39. The molecule has 7 heteroatoms. The van der Waals surface area contributed by atoms with Gasteiger partial charge in [-0.1, -0.05) is 21.9 Å². The largest absolute Gasteiger partial charge is 0.489 e. The van der Waals surface area contributed by atoms with Crippen LogP contribution in [-0.4, -0.2) is 21.4 Å². The first-order valence-electron chi connectivity index (χ1n) is 7.19. The summed E-state index contributed by atoms with van der Waals surface area (Å²) in [5.74, 6) is 2.07. The lowest BCUT2D eigenvalue weighted by Crippen LogP contribution is -2.05. The van der Waals surface area contributed by atoms with Crippen LogP contribution in [0.2, 0.25) is 5.02 Å². The molecule has 120 valence electrons. The highest BCUT2D eigenvalue weighted by Gasteiger charge is 2.19. The van der Waals surface area contributed by atoms with Gasteiger partial charge in [0.1, 0.15) is 17.1 Å². The van der Waals surface area contributed by atoms with Gasteiger partial charge in [0.2, 0.25) is 5.82 Å². The van der Waals surface area contributed by atoms with Gasteiger partial charge in [-0.15, -0.1) is 0 Å². The molecule has 0 N–H and O–H groups in total. The summed E-state index contributed by atoms with van der Waals surface area (Å²) >= 11 is 6.24. The normalized spacial score (nSPS) is 11.2. The van der Waals surface area contributed by atoms with E-state index in [0.717, 1.165) is 11.1 Å². The molecule has 0 atom stereocenters. The smallest absolute Gasteiger partial charge is 0.263 e. The number of benzene rings is 1. The van der Waals surface area contributed by atoms with E-state index in [-0.39, 0.29) is 6.10 Å². The van der Waals surface area contributed by atoms with Crippen molar-refractivity contribution in [3.63, 3.8) is 0 Å². The van der Waals surface area contributed by atoms with Gasteiger partial charge in [0.25, 0.3) is 5.89 Å². The molecule has 2 heterocycles.